The molecule has 0 saturated carbocycles. The van der Waals surface area contributed by atoms with Crippen LogP contribution in [0.2, 0.25) is 0 Å². The molecular weight excluding hydrogens is 188 g/mol. The number of carbonyl (C=O) groups is 2. The number of aliphatic hydroxyl groups is 1. The summed E-state index contributed by atoms with van der Waals surface area (Å²) in [5, 5.41) is 9.76. The van der Waals surface area contributed by atoms with E-state index < -0.39 is 29.1 Å². The molecule has 1 rings (SSSR count). The fourth-order valence-electron chi connectivity index (χ4n) is 1.40. The average molecular weight is 202 g/mol. The van der Waals surface area contributed by atoms with E-state index in [0.717, 1.165) is 0 Å². The number of carbonyl (C=O) groups excluding carboxylic acids is 2. The summed E-state index contributed by atoms with van der Waals surface area (Å²) in [4.78, 5) is 22.0. The molecule has 0 aliphatic carbocycles. The maximum Gasteiger partial charge on any atom is 0.262 e. The first kappa shape index (κ1) is 10.9. The molecule has 0 aromatic rings. The highest BCUT2D eigenvalue weighted by Crippen LogP contribution is 2.44. The Hall–Kier alpha value is -1.14. The molecule has 1 aliphatic heterocycles. The van der Waals surface area contributed by atoms with Gasteiger partial charge < -0.3 is 21.3 Å². The molecule has 1 heterocycles. The molecule has 0 bridgehead atoms. The van der Waals surface area contributed by atoms with Crippen LogP contribution in [0.3, 0.4) is 0 Å². The highest BCUT2D eigenvalue weighted by Gasteiger charge is 2.72. The summed E-state index contributed by atoms with van der Waals surface area (Å²) in [6.07, 6.45) is -0.602. The van der Waals surface area contributed by atoms with Crippen LogP contribution in [0.25, 0.3) is 0 Å². The van der Waals surface area contributed by atoms with E-state index in [4.69, 9.17) is 16.2 Å². The molecular formula is C8H14N2O4. The first-order valence-corrected chi connectivity index (χ1v) is 4.29. The maximum absolute atomic E-state index is 11.0. The summed E-state index contributed by atoms with van der Waals surface area (Å²) < 4.78 is 4.88. The third-order valence-corrected chi connectivity index (χ3v) is 2.63. The molecule has 6 heteroatoms. The highest BCUT2D eigenvalue weighted by molar-refractivity contribution is 6.11. The fourth-order valence-corrected chi connectivity index (χ4v) is 1.40. The van der Waals surface area contributed by atoms with E-state index in [1.54, 1.807) is 6.92 Å². The molecule has 80 valence electrons. The Balaban J connectivity index is 2.92. The van der Waals surface area contributed by atoms with Crippen molar-refractivity contribution in [1.29, 1.82) is 0 Å². The molecule has 1 aliphatic rings. The van der Waals surface area contributed by atoms with E-state index in [1.807, 2.05) is 0 Å². The minimum atomic E-state index is -1.82. The number of amides is 2. The van der Waals surface area contributed by atoms with Crippen molar-refractivity contribution in [1.82, 2.24) is 0 Å². The van der Waals surface area contributed by atoms with Gasteiger partial charge in [0.1, 0.15) is 6.10 Å². The quantitative estimate of drug-likeness (QED) is 0.370. The van der Waals surface area contributed by atoms with Crippen LogP contribution in [0, 0.1) is 0 Å². The van der Waals surface area contributed by atoms with Crippen molar-refractivity contribution in [2.75, 3.05) is 0 Å². The van der Waals surface area contributed by atoms with Crippen molar-refractivity contribution in [3.63, 3.8) is 0 Å². The van der Waals surface area contributed by atoms with Gasteiger partial charge in [0.05, 0.1) is 5.60 Å². The number of nitrogens with two attached hydrogens (primary N) is 2. The van der Waals surface area contributed by atoms with Crippen LogP contribution >= 0.6 is 0 Å². The molecule has 1 saturated heterocycles. The van der Waals surface area contributed by atoms with Gasteiger partial charge in [-0.1, -0.05) is 6.92 Å². The van der Waals surface area contributed by atoms with E-state index in [9.17, 15) is 14.7 Å². The molecule has 0 radical (unpaired) electrons. The summed E-state index contributed by atoms with van der Waals surface area (Å²) in [5.74, 6) is -1.91. The van der Waals surface area contributed by atoms with Gasteiger partial charge in [-0.2, -0.15) is 0 Å². The molecule has 0 aromatic carbocycles. The largest absolute Gasteiger partial charge is 0.387 e. The zero-order valence-corrected chi connectivity index (χ0v) is 8.11. The van der Waals surface area contributed by atoms with Gasteiger partial charge in [-0.05, 0) is 13.3 Å². The molecule has 2 atom stereocenters. The number of rotatable bonds is 4. The maximum atomic E-state index is 11.0. The lowest BCUT2D eigenvalue weighted by Gasteiger charge is -2.19. The Morgan fingerprint density at radius 3 is 2.14 bits per heavy atom. The average Bonchev–Trinajstić information content (AvgIpc) is 2.80. The topological polar surface area (TPSA) is 119 Å². The van der Waals surface area contributed by atoms with Crippen molar-refractivity contribution >= 4 is 11.8 Å². The number of primary amides is 2. The highest BCUT2D eigenvalue weighted by atomic mass is 16.6. The number of hydrogen-bond donors (Lipinski definition) is 3. The van der Waals surface area contributed by atoms with Gasteiger partial charge in [0, 0.05) is 0 Å². The van der Waals surface area contributed by atoms with Crippen molar-refractivity contribution in [3.8, 4) is 0 Å². The first-order valence-electron chi connectivity index (χ1n) is 4.29. The molecule has 0 aromatic heterocycles. The van der Waals surface area contributed by atoms with Crippen LogP contribution in [-0.2, 0) is 14.3 Å². The minimum absolute atomic E-state index is 0.333. The summed E-state index contributed by atoms with van der Waals surface area (Å²) in [6, 6.07) is 0. The minimum Gasteiger partial charge on any atom is -0.387 e. The Kier molecular flexibility index (Phi) is 2.29. The number of epoxide rings is 1. The predicted octanol–water partition coefficient (Wildman–Crippen LogP) is -1.74. The molecule has 0 spiro atoms. The van der Waals surface area contributed by atoms with Gasteiger partial charge in [0.15, 0.2) is 0 Å². The van der Waals surface area contributed by atoms with E-state index in [1.165, 1.54) is 6.92 Å². The monoisotopic (exact) mass is 202 g/mol. The summed E-state index contributed by atoms with van der Waals surface area (Å²) in [7, 11) is 0. The molecule has 2 amide bonds. The lowest BCUT2D eigenvalue weighted by molar-refractivity contribution is -0.133. The lowest BCUT2D eigenvalue weighted by Crippen LogP contribution is -2.50. The van der Waals surface area contributed by atoms with E-state index in [2.05, 4.69) is 0 Å². The van der Waals surface area contributed by atoms with Gasteiger partial charge in [0.2, 0.25) is 0 Å². The zero-order chi connectivity index (χ0) is 11.1. The molecule has 5 N–H and O–H groups in total. The SMILES string of the molecule is CCC(C)(O)C1OC1(C(N)=O)C(N)=O. The molecule has 1 fully saturated rings. The number of ether oxygens (including phenoxy) is 1. The van der Waals surface area contributed by atoms with Crippen LogP contribution in [-0.4, -0.2) is 34.2 Å². The second kappa shape index (κ2) is 2.93. The van der Waals surface area contributed by atoms with Crippen molar-refractivity contribution < 1.29 is 19.4 Å². The zero-order valence-electron chi connectivity index (χ0n) is 8.11. The second-order valence-corrected chi connectivity index (χ2v) is 3.67. The summed E-state index contributed by atoms with van der Waals surface area (Å²) >= 11 is 0. The van der Waals surface area contributed by atoms with Crippen LogP contribution in [0.4, 0.5) is 0 Å². The smallest absolute Gasteiger partial charge is 0.262 e. The Bertz CT molecular complexity index is 273. The van der Waals surface area contributed by atoms with Gasteiger partial charge in [-0.15, -0.1) is 0 Å². The Labute approximate surface area is 81.2 Å². The summed E-state index contributed by atoms with van der Waals surface area (Å²) in [5.41, 5.74) is 6.91. The number of hydrogen-bond acceptors (Lipinski definition) is 4. The Morgan fingerprint density at radius 2 is 1.93 bits per heavy atom. The van der Waals surface area contributed by atoms with Crippen LogP contribution in [0.1, 0.15) is 20.3 Å². The molecule has 2 unspecified atom stereocenters. The second-order valence-electron chi connectivity index (χ2n) is 3.67. The standard InChI is InChI=1S/C8H14N2O4/c1-3-7(2,13)4-8(14-4,5(9)11)6(10)12/h4,13H,3H2,1-2H3,(H2,9,11)(H2,10,12). The predicted molar refractivity (Wildman–Crippen MR) is 46.9 cm³/mol. The van der Waals surface area contributed by atoms with Crippen LogP contribution in [0.5, 0.6) is 0 Å². The lowest BCUT2D eigenvalue weighted by atomic mass is 9.89. The van der Waals surface area contributed by atoms with Gasteiger partial charge in [0.25, 0.3) is 17.4 Å². The van der Waals surface area contributed by atoms with E-state index in [-0.39, 0.29) is 0 Å². The summed E-state index contributed by atoms with van der Waals surface area (Å²) in [6.45, 7) is 3.17. The van der Waals surface area contributed by atoms with E-state index >= 15 is 0 Å². The van der Waals surface area contributed by atoms with Crippen LogP contribution in [0.15, 0.2) is 0 Å². The first-order chi connectivity index (χ1) is 6.29. The van der Waals surface area contributed by atoms with Gasteiger partial charge in [-0.3, -0.25) is 9.59 Å². The molecule has 14 heavy (non-hydrogen) atoms. The van der Waals surface area contributed by atoms with Crippen molar-refractivity contribution in [3.05, 3.63) is 0 Å². The third-order valence-electron chi connectivity index (χ3n) is 2.63. The third kappa shape index (κ3) is 1.27. The normalized spacial score (nSPS) is 27.8. The van der Waals surface area contributed by atoms with Gasteiger partial charge >= 0.3 is 0 Å². The van der Waals surface area contributed by atoms with Gasteiger partial charge in [-0.25, -0.2) is 0 Å². The van der Waals surface area contributed by atoms with Crippen molar-refractivity contribution in [2.24, 2.45) is 11.5 Å². The van der Waals surface area contributed by atoms with E-state index in [0.29, 0.717) is 6.42 Å². The fraction of sp³-hybridized carbons (Fsp3) is 0.750. The van der Waals surface area contributed by atoms with Crippen molar-refractivity contribution in [2.45, 2.75) is 37.6 Å². The molecule has 6 nitrogen and oxygen atoms in total. The Morgan fingerprint density at radius 1 is 1.50 bits per heavy atom. The van der Waals surface area contributed by atoms with Crippen LogP contribution < -0.4 is 11.5 Å².